The lowest BCUT2D eigenvalue weighted by molar-refractivity contribution is -0.140. The normalized spacial score (nSPS) is 17.3. The molecule has 3 rings (SSSR count). The number of ketones is 1. The third-order valence-electron chi connectivity index (χ3n) is 6.23. The average molecular weight is 501 g/mol. The number of likely N-dealkylation sites (tertiary alicyclic amines) is 1. The van der Waals surface area contributed by atoms with Crippen LogP contribution in [-0.2, 0) is 9.59 Å². The monoisotopic (exact) mass is 500 g/mol. The van der Waals surface area contributed by atoms with Crippen LogP contribution in [0.2, 0.25) is 5.02 Å². The average Bonchev–Trinajstić information content (AvgIpc) is 3.12. The zero-order chi connectivity index (χ0) is 25.5. The lowest BCUT2D eigenvalue weighted by Crippen LogP contribution is -2.33. The van der Waals surface area contributed by atoms with Gasteiger partial charge in [0, 0.05) is 17.1 Å². The summed E-state index contributed by atoms with van der Waals surface area (Å²) < 4.78 is 11.1. The van der Waals surface area contributed by atoms with Crippen LogP contribution in [0.4, 0.5) is 0 Å². The van der Waals surface area contributed by atoms with Crippen molar-refractivity contribution in [2.75, 3.05) is 39.9 Å². The molecule has 1 fully saturated rings. The summed E-state index contributed by atoms with van der Waals surface area (Å²) in [5.41, 5.74) is 1.12. The number of carbonyl (C=O) groups is 2. The smallest absolute Gasteiger partial charge is 0.295 e. The van der Waals surface area contributed by atoms with E-state index in [9.17, 15) is 14.7 Å². The third-order valence-corrected chi connectivity index (χ3v) is 6.48. The molecular weight excluding hydrogens is 468 g/mol. The van der Waals surface area contributed by atoms with Crippen LogP contribution >= 0.6 is 11.6 Å². The SMILES string of the molecule is CCOc1ccc([C@@H]2C(=C(O)c3ccc(Cl)cc3)C(=O)C(=O)N2CCCN(CC)CC)cc1OC. The van der Waals surface area contributed by atoms with Crippen LogP contribution in [0.1, 0.15) is 44.4 Å². The Morgan fingerprint density at radius 2 is 1.74 bits per heavy atom. The van der Waals surface area contributed by atoms with Gasteiger partial charge in [-0.1, -0.05) is 31.5 Å². The summed E-state index contributed by atoms with van der Waals surface area (Å²) in [4.78, 5) is 30.2. The largest absolute Gasteiger partial charge is 0.507 e. The van der Waals surface area contributed by atoms with Crippen molar-refractivity contribution in [2.24, 2.45) is 0 Å². The van der Waals surface area contributed by atoms with Crippen LogP contribution in [0.5, 0.6) is 11.5 Å². The fourth-order valence-electron chi connectivity index (χ4n) is 4.35. The minimum atomic E-state index is -0.757. The van der Waals surface area contributed by atoms with Crippen LogP contribution in [0.3, 0.4) is 0 Å². The molecule has 7 nitrogen and oxygen atoms in total. The molecule has 2 aromatic rings. The highest BCUT2D eigenvalue weighted by Crippen LogP contribution is 2.42. The fourth-order valence-corrected chi connectivity index (χ4v) is 4.48. The Morgan fingerprint density at radius 1 is 1.06 bits per heavy atom. The Morgan fingerprint density at radius 3 is 2.34 bits per heavy atom. The standard InChI is InChI=1S/C27H33ClN2O5/c1-5-29(6-2)15-8-16-30-24(19-11-14-21(35-7-3)22(17-19)34-4)23(26(32)27(30)33)25(31)18-9-12-20(28)13-10-18/h9-14,17,24,31H,5-8,15-16H2,1-4H3/t24-/m1/s1. The highest BCUT2D eigenvalue weighted by molar-refractivity contribution is 6.46. The Bertz CT molecular complexity index is 1080. The van der Waals surface area contributed by atoms with Gasteiger partial charge in [-0.25, -0.2) is 0 Å². The molecule has 1 aliphatic heterocycles. The number of benzene rings is 2. The van der Waals surface area contributed by atoms with Crippen molar-refractivity contribution in [1.82, 2.24) is 9.80 Å². The van der Waals surface area contributed by atoms with Crippen molar-refractivity contribution < 1.29 is 24.2 Å². The van der Waals surface area contributed by atoms with Crippen LogP contribution in [0.15, 0.2) is 48.0 Å². The zero-order valence-electron chi connectivity index (χ0n) is 20.7. The summed E-state index contributed by atoms with van der Waals surface area (Å²) in [5.74, 6) is -0.514. The summed E-state index contributed by atoms with van der Waals surface area (Å²) in [7, 11) is 1.54. The van der Waals surface area contributed by atoms with Crippen LogP contribution in [0, 0.1) is 0 Å². The van der Waals surface area contributed by atoms with Gasteiger partial charge in [0.25, 0.3) is 11.7 Å². The first kappa shape index (κ1) is 26.6. The van der Waals surface area contributed by atoms with E-state index in [0.29, 0.717) is 47.2 Å². The van der Waals surface area contributed by atoms with E-state index in [0.717, 1.165) is 19.6 Å². The number of halogens is 1. The van der Waals surface area contributed by atoms with Crippen molar-refractivity contribution >= 4 is 29.1 Å². The van der Waals surface area contributed by atoms with Gasteiger partial charge in [0.2, 0.25) is 0 Å². The van der Waals surface area contributed by atoms with Gasteiger partial charge in [-0.15, -0.1) is 0 Å². The Hall–Kier alpha value is -3.03. The van der Waals surface area contributed by atoms with E-state index in [1.54, 1.807) is 47.4 Å². The van der Waals surface area contributed by atoms with Crippen molar-refractivity contribution in [3.05, 3.63) is 64.2 Å². The van der Waals surface area contributed by atoms with Gasteiger partial charge in [0.05, 0.1) is 25.3 Å². The highest BCUT2D eigenvalue weighted by atomic mass is 35.5. The summed E-state index contributed by atoms with van der Waals surface area (Å²) >= 11 is 6.00. The quantitative estimate of drug-likeness (QED) is 0.268. The van der Waals surface area contributed by atoms with E-state index in [1.807, 2.05) is 6.92 Å². The van der Waals surface area contributed by atoms with E-state index >= 15 is 0 Å². The molecule has 0 bridgehead atoms. The molecule has 1 aliphatic rings. The summed E-state index contributed by atoms with van der Waals surface area (Å²) in [6.45, 7) is 9.52. The number of hydrogen-bond acceptors (Lipinski definition) is 6. The second-order valence-electron chi connectivity index (χ2n) is 8.22. The minimum absolute atomic E-state index is 0.0476. The van der Waals surface area contributed by atoms with Gasteiger partial charge in [-0.05, 0) is 74.9 Å². The van der Waals surface area contributed by atoms with Crippen molar-refractivity contribution in [2.45, 2.75) is 33.2 Å². The number of ether oxygens (including phenoxy) is 2. The number of aliphatic hydroxyl groups is 1. The van der Waals surface area contributed by atoms with E-state index in [1.165, 1.54) is 7.11 Å². The van der Waals surface area contributed by atoms with Gasteiger partial charge in [0.15, 0.2) is 11.5 Å². The first-order valence-corrected chi connectivity index (χ1v) is 12.3. The summed E-state index contributed by atoms with van der Waals surface area (Å²) in [6, 6.07) is 11.1. The fraction of sp³-hybridized carbons (Fsp3) is 0.407. The Kier molecular flexibility index (Phi) is 9.18. The molecular formula is C27H33ClN2O5. The molecule has 0 unspecified atom stereocenters. The summed E-state index contributed by atoms with van der Waals surface area (Å²) in [6.07, 6.45) is 0.695. The van der Waals surface area contributed by atoms with Gasteiger partial charge in [0.1, 0.15) is 5.76 Å². The van der Waals surface area contributed by atoms with E-state index < -0.39 is 17.7 Å². The van der Waals surface area contributed by atoms with Gasteiger partial charge in [-0.2, -0.15) is 0 Å². The molecule has 35 heavy (non-hydrogen) atoms. The van der Waals surface area contributed by atoms with Gasteiger partial charge < -0.3 is 24.4 Å². The second-order valence-corrected chi connectivity index (χ2v) is 8.66. The van der Waals surface area contributed by atoms with E-state index in [4.69, 9.17) is 21.1 Å². The summed E-state index contributed by atoms with van der Waals surface area (Å²) in [5, 5.41) is 11.7. The molecule has 188 valence electrons. The number of aliphatic hydroxyl groups excluding tert-OH is 1. The van der Waals surface area contributed by atoms with E-state index in [2.05, 4.69) is 18.7 Å². The van der Waals surface area contributed by atoms with Crippen molar-refractivity contribution in [3.63, 3.8) is 0 Å². The lowest BCUT2D eigenvalue weighted by atomic mass is 9.95. The second kappa shape index (κ2) is 12.1. The number of methoxy groups -OCH3 is 1. The molecule has 8 heteroatoms. The third kappa shape index (κ3) is 5.80. The van der Waals surface area contributed by atoms with Crippen molar-refractivity contribution in [3.8, 4) is 11.5 Å². The topological polar surface area (TPSA) is 79.3 Å². The maximum atomic E-state index is 13.2. The predicted octanol–water partition coefficient (Wildman–Crippen LogP) is 4.90. The van der Waals surface area contributed by atoms with Gasteiger partial charge >= 0.3 is 0 Å². The minimum Gasteiger partial charge on any atom is -0.507 e. The Labute approximate surface area is 211 Å². The number of carbonyl (C=O) groups excluding carboxylic acids is 2. The first-order valence-electron chi connectivity index (χ1n) is 11.9. The maximum absolute atomic E-state index is 13.2. The lowest BCUT2D eigenvalue weighted by Gasteiger charge is -2.27. The zero-order valence-corrected chi connectivity index (χ0v) is 21.5. The number of rotatable bonds is 11. The molecule has 1 atom stereocenters. The molecule has 0 saturated carbocycles. The number of hydrogen-bond donors (Lipinski definition) is 1. The molecule has 0 aromatic heterocycles. The molecule has 2 aromatic carbocycles. The number of Topliss-reactive ketones (excluding diaryl/α,β-unsaturated/α-hetero) is 1. The Balaban J connectivity index is 2.08. The van der Waals surface area contributed by atoms with Crippen LogP contribution in [-0.4, -0.2) is 66.5 Å². The molecule has 1 heterocycles. The van der Waals surface area contributed by atoms with Crippen LogP contribution < -0.4 is 9.47 Å². The van der Waals surface area contributed by atoms with Crippen molar-refractivity contribution in [1.29, 1.82) is 0 Å². The molecule has 0 radical (unpaired) electrons. The first-order chi connectivity index (χ1) is 16.9. The molecule has 0 aliphatic carbocycles. The van der Waals surface area contributed by atoms with Gasteiger partial charge in [-0.3, -0.25) is 9.59 Å². The molecule has 1 saturated heterocycles. The number of amides is 1. The van der Waals surface area contributed by atoms with E-state index in [-0.39, 0.29) is 11.3 Å². The highest BCUT2D eigenvalue weighted by Gasteiger charge is 2.46. The maximum Gasteiger partial charge on any atom is 0.295 e. The number of nitrogens with zero attached hydrogens (tertiary/aromatic N) is 2. The van der Waals surface area contributed by atoms with Crippen LogP contribution in [0.25, 0.3) is 5.76 Å². The molecule has 1 amide bonds. The predicted molar refractivity (Wildman–Crippen MR) is 137 cm³/mol. The molecule has 0 spiro atoms. The molecule has 1 N–H and O–H groups in total.